The maximum atomic E-state index is 13.7. The third-order valence-electron chi connectivity index (χ3n) is 6.26. The monoisotopic (exact) mass is 512 g/mol. The molecular weight excluding hydrogens is 479 g/mol. The van der Waals surface area contributed by atoms with Crippen molar-refractivity contribution in [1.29, 1.82) is 0 Å². The maximum Gasteiger partial charge on any atom is 0.422 e. The van der Waals surface area contributed by atoms with Crippen LogP contribution < -0.4 is 4.74 Å². The van der Waals surface area contributed by atoms with Crippen LogP contribution in [0.25, 0.3) is 0 Å². The molecule has 2 aromatic carbocycles. The molecule has 0 aliphatic carbocycles. The van der Waals surface area contributed by atoms with Crippen LogP contribution in [0.2, 0.25) is 0 Å². The largest absolute Gasteiger partial charge is 0.489 e. The van der Waals surface area contributed by atoms with Gasteiger partial charge in [-0.15, -0.1) is 0 Å². The summed E-state index contributed by atoms with van der Waals surface area (Å²) in [6.07, 6.45) is 0.664. The zero-order valence-corrected chi connectivity index (χ0v) is 21.7. The highest BCUT2D eigenvalue weighted by Crippen LogP contribution is 2.33. The summed E-state index contributed by atoms with van der Waals surface area (Å²) in [5, 5.41) is 0. The van der Waals surface area contributed by atoms with Crippen LogP contribution in [-0.4, -0.2) is 59.7 Å². The summed E-state index contributed by atoms with van der Waals surface area (Å²) in [6, 6.07) is 11.3. The minimum Gasteiger partial charge on any atom is -0.489 e. The molecule has 9 heteroatoms. The summed E-state index contributed by atoms with van der Waals surface area (Å²) >= 11 is 0. The first-order valence-electron chi connectivity index (χ1n) is 12.6. The van der Waals surface area contributed by atoms with E-state index in [9.17, 15) is 18.8 Å². The normalized spacial score (nSPS) is 17.4. The highest BCUT2D eigenvalue weighted by atomic mass is 19.1. The average molecular weight is 513 g/mol. The van der Waals surface area contributed by atoms with Gasteiger partial charge < -0.3 is 14.2 Å². The molecule has 37 heavy (non-hydrogen) atoms. The summed E-state index contributed by atoms with van der Waals surface area (Å²) in [6.45, 7) is 10.1. The van der Waals surface area contributed by atoms with E-state index in [1.54, 1.807) is 30.3 Å². The molecular formula is C28H33FN2O6. The van der Waals surface area contributed by atoms with Crippen LogP contribution >= 0.6 is 0 Å². The van der Waals surface area contributed by atoms with Gasteiger partial charge in [0, 0.05) is 25.2 Å². The first kappa shape index (κ1) is 26.6. The Bertz CT molecular complexity index is 1150. The third-order valence-corrected chi connectivity index (χ3v) is 6.26. The Balaban J connectivity index is 1.58. The van der Waals surface area contributed by atoms with Crippen LogP contribution in [0.3, 0.4) is 0 Å². The third kappa shape index (κ3) is 6.10. The van der Waals surface area contributed by atoms with Crippen molar-refractivity contribution in [3.63, 3.8) is 0 Å². The molecule has 2 heterocycles. The predicted octanol–water partition coefficient (Wildman–Crippen LogP) is 3.77. The van der Waals surface area contributed by atoms with Crippen molar-refractivity contribution >= 4 is 17.8 Å². The Morgan fingerprint density at radius 2 is 1.68 bits per heavy atom. The molecule has 0 bridgehead atoms. The molecule has 1 spiro atoms. The number of halogens is 1. The van der Waals surface area contributed by atoms with Crippen molar-refractivity contribution in [1.82, 2.24) is 9.80 Å². The minimum atomic E-state index is -1.78. The van der Waals surface area contributed by atoms with E-state index in [-0.39, 0.29) is 25.5 Å². The van der Waals surface area contributed by atoms with Crippen molar-refractivity contribution in [2.24, 2.45) is 11.8 Å². The average Bonchev–Trinajstić information content (AvgIpc) is 3.10. The van der Waals surface area contributed by atoms with Crippen LogP contribution in [0, 0.1) is 17.7 Å². The van der Waals surface area contributed by atoms with Gasteiger partial charge in [0.05, 0.1) is 6.54 Å². The van der Waals surface area contributed by atoms with Crippen LogP contribution in [0.1, 0.15) is 49.2 Å². The number of amides is 1. The van der Waals surface area contributed by atoms with Gasteiger partial charge in [0.1, 0.15) is 18.2 Å². The molecule has 2 aliphatic heterocycles. The van der Waals surface area contributed by atoms with Gasteiger partial charge >= 0.3 is 17.8 Å². The molecule has 1 amide bonds. The number of piperazine rings is 1. The number of esters is 2. The van der Waals surface area contributed by atoms with E-state index in [0.717, 1.165) is 11.1 Å². The fraction of sp³-hybridized carbons (Fsp3) is 0.464. The molecule has 2 aromatic rings. The molecule has 198 valence electrons. The van der Waals surface area contributed by atoms with E-state index in [4.69, 9.17) is 14.2 Å². The molecule has 8 nitrogen and oxygen atoms in total. The number of benzene rings is 2. The second-order valence-corrected chi connectivity index (χ2v) is 10.4. The second kappa shape index (κ2) is 10.9. The van der Waals surface area contributed by atoms with E-state index < -0.39 is 23.8 Å². The first-order chi connectivity index (χ1) is 17.6. The van der Waals surface area contributed by atoms with Crippen molar-refractivity contribution in [3.8, 4) is 5.75 Å². The Hall–Kier alpha value is -3.46. The predicted molar refractivity (Wildman–Crippen MR) is 133 cm³/mol. The van der Waals surface area contributed by atoms with Crippen molar-refractivity contribution in [3.05, 3.63) is 65.0 Å². The van der Waals surface area contributed by atoms with Crippen LogP contribution in [0.4, 0.5) is 4.39 Å². The smallest absolute Gasteiger partial charge is 0.422 e. The summed E-state index contributed by atoms with van der Waals surface area (Å²) in [5.74, 6) is -3.44. The Kier molecular flexibility index (Phi) is 7.82. The molecule has 2 fully saturated rings. The van der Waals surface area contributed by atoms with Crippen LogP contribution in [-0.2, 0) is 32.1 Å². The van der Waals surface area contributed by atoms with E-state index in [1.807, 2.05) is 4.90 Å². The lowest BCUT2D eigenvalue weighted by Crippen LogP contribution is -2.65. The van der Waals surface area contributed by atoms with E-state index in [0.29, 0.717) is 42.7 Å². The van der Waals surface area contributed by atoms with Gasteiger partial charge in [-0.25, -0.2) is 14.0 Å². The van der Waals surface area contributed by atoms with Crippen molar-refractivity contribution < 1.29 is 33.0 Å². The summed E-state index contributed by atoms with van der Waals surface area (Å²) < 4.78 is 30.0. The molecule has 2 aliphatic rings. The zero-order chi connectivity index (χ0) is 26.7. The Morgan fingerprint density at radius 1 is 1.00 bits per heavy atom. The lowest BCUT2D eigenvalue weighted by Gasteiger charge is -2.45. The quantitative estimate of drug-likeness (QED) is 0.393. The maximum absolute atomic E-state index is 13.7. The number of nitrogens with zero attached hydrogens (tertiary/aromatic N) is 2. The summed E-state index contributed by atoms with van der Waals surface area (Å²) in [5.41, 5.74) is 2.04. The fourth-order valence-electron chi connectivity index (χ4n) is 4.71. The van der Waals surface area contributed by atoms with Gasteiger partial charge in [-0.05, 0) is 59.7 Å². The molecule has 0 saturated carbocycles. The van der Waals surface area contributed by atoms with Gasteiger partial charge in [-0.1, -0.05) is 39.8 Å². The summed E-state index contributed by atoms with van der Waals surface area (Å²) in [4.78, 5) is 41.1. The molecule has 2 saturated heterocycles. The van der Waals surface area contributed by atoms with Crippen LogP contribution in [0.5, 0.6) is 5.75 Å². The van der Waals surface area contributed by atoms with E-state index in [1.165, 1.54) is 17.0 Å². The number of hydrogen-bond donors (Lipinski definition) is 0. The highest BCUT2D eigenvalue weighted by molar-refractivity contribution is 6.31. The number of rotatable bonds is 8. The van der Waals surface area contributed by atoms with Crippen molar-refractivity contribution in [2.45, 2.75) is 46.6 Å². The molecule has 0 aromatic heterocycles. The van der Waals surface area contributed by atoms with E-state index in [2.05, 4.69) is 27.7 Å². The van der Waals surface area contributed by atoms with Gasteiger partial charge in [-0.2, -0.15) is 0 Å². The first-order valence-corrected chi connectivity index (χ1v) is 12.6. The molecule has 0 unspecified atom stereocenters. The van der Waals surface area contributed by atoms with Gasteiger partial charge in [0.15, 0.2) is 0 Å². The lowest BCUT2D eigenvalue weighted by atomic mass is 9.99. The van der Waals surface area contributed by atoms with Crippen LogP contribution in [0.15, 0.2) is 42.5 Å². The Morgan fingerprint density at radius 3 is 2.30 bits per heavy atom. The Labute approximate surface area is 216 Å². The number of hydrogen-bond acceptors (Lipinski definition) is 7. The van der Waals surface area contributed by atoms with Gasteiger partial charge in [-0.3, -0.25) is 14.6 Å². The highest BCUT2D eigenvalue weighted by Gasteiger charge is 2.57. The molecule has 0 N–H and O–H groups in total. The lowest BCUT2D eigenvalue weighted by molar-refractivity contribution is -0.256. The standard InChI is InChI=1S/C28H33FN2O6/c1-18(2)13-22-14-21(7-10-24(22)35-16-20-5-8-23(29)9-6-20)25(32)31-12-11-30(15-19(3)4)17-28(31)36-26(33)27(34)37-28/h5-10,14,18-19H,11-13,15-17H2,1-4H3. The topological polar surface area (TPSA) is 85.4 Å². The fourth-order valence-corrected chi connectivity index (χ4v) is 4.71. The minimum absolute atomic E-state index is 0.0894. The van der Waals surface area contributed by atoms with E-state index >= 15 is 0 Å². The number of ether oxygens (including phenoxy) is 3. The second-order valence-electron chi connectivity index (χ2n) is 10.4. The number of carbonyl (C=O) groups is 3. The molecule has 0 radical (unpaired) electrons. The van der Waals surface area contributed by atoms with Gasteiger partial charge in [0.25, 0.3) is 5.91 Å². The SMILES string of the molecule is CC(C)Cc1cc(C(=O)N2CCN(CC(C)C)CC23OC(=O)C(=O)O3)ccc1OCc1ccc(F)cc1. The van der Waals surface area contributed by atoms with Gasteiger partial charge in [0.2, 0.25) is 0 Å². The zero-order valence-electron chi connectivity index (χ0n) is 21.7. The molecule has 4 rings (SSSR count). The van der Waals surface area contributed by atoms with Crippen molar-refractivity contribution in [2.75, 3.05) is 26.2 Å². The molecule has 0 atom stereocenters. The summed E-state index contributed by atoms with van der Waals surface area (Å²) in [7, 11) is 0. The number of carbonyl (C=O) groups excluding carboxylic acids is 3.